The van der Waals surface area contributed by atoms with Gasteiger partial charge in [0.25, 0.3) is 11.8 Å². The minimum absolute atomic E-state index is 0.00643. The van der Waals surface area contributed by atoms with Crippen molar-refractivity contribution in [2.75, 3.05) is 33.3 Å². The maximum Gasteiger partial charge on any atom is 0.311 e. The van der Waals surface area contributed by atoms with Crippen molar-refractivity contribution in [2.45, 2.75) is 0 Å². The Morgan fingerprint density at radius 1 is 1.04 bits per heavy atom. The quantitative estimate of drug-likeness (QED) is 0.593. The number of hydrogen-bond acceptors (Lipinski definition) is 5. The van der Waals surface area contributed by atoms with Gasteiger partial charge in [-0.05, 0) is 24.3 Å². The summed E-state index contributed by atoms with van der Waals surface area (Å²) in [5, 5.41) is 11.1. The molecule has 146 valence electrons. The van der Waals surface area contributed by atoms with E-state index in [1.165, 1.54) is 53.3 Å². The Morgan fingerprint density at radius 2 is 1.64 bits per heavy atom. The van der Waals surface area contributed by atoms with Crippen LogP contribution in [0.3, 0.4) is 0 Å². The number of piperazine rings is 1. The first-order valence-corrected chi connectivity index (χ1v) is 8.58. The van der Waals surface area contributed by atoms with Gasteiger partial charge in [0.05, 0.1) is 17.6 Å². The standard InChI is InChI=1S/C19H18FN3O5/c1-28-17-7-6-13(12-16(17)23(26)27)18(24)21-8-10-22(11-9-21)19(25)14-4-2-3-5-15(14)20/h2-7,12H,8-11H2,1H3. The van der Waals surface area contributed by atoms with Crippen LogP contribution in [0.5, 0.6) is 5.75 Å². The SMILES string of the molecule is COc1ccc(C(=O)N2CCN(C(=O)c3ccccc3F)CC2)cc1[N+](=O)[O-]. The number of carbonyl (C=O) groups is 2. The monoisotopic (exact) mass is 387 g/mol. The molecule has 0 unspecified atom stereocenters. The van der Waals surface area contributed by atoms with Crippen LogP contribution < -0.4 is 4.74 Å². The smallest absolute Gasteiger partial charge is 0.311 e. The highest BCUT2D eigenvalue weighted by molar-refractivity contribution is 5.96. The topological polar surface area (TPSA) is 93.0 Å². The second-order valence-corrected chi connectivity index (χ2v) is 6.21. The molecule has 1 saturated heterocycles. The molecule has 0 spiro atoms. The summed E-state index contributed by atoms with van der Waals surface area (Å²) in [5.74, 6) is -1.31. The lowest BCUT2D eigenvalue weighted by Gasteiger charge is -2.34. The molecule has 0 N–H and O–H groups in total. The van der Waals surface area contributed by atoms with Crippen molar-refractivity contribution in [1.82, 2.24) is 9.80 Å². The van der Waals surface area contributed by atoms with Crippen LogP contribution in [0, 0.1) is 15.9 Å². The molecule has 1 aliphatic rings. The van der Waals surface area contributed by atoms with E-state index in [1.807, 2.05) is 0 Å². The molecule has 1 heterocycles. The average molecular weight is 387 g/mol. The Hall–Kier alpha value is -3.49. The van der Waals surface area contributed by atoms with E-state index in [2.05, 4.69) is 0 Å². The van der Waals surface area contributed by atoms with Gasteiger partial charge in [-0.1, -0.05) is 12.1 Å². The minimum Gasteiger partial charge on any atom is -0.490 e. The molecule has 8 nitrogen and oxygen atoms in total. The number of hydrogen-bond donors (Lipinski definition) is 0. The van der Waals surface area contributed by atoms with Crippen LogP contribution in [0.25, 0.3) is 0 Å². The Morgan fingerprint density at radius 3 is 2.21 bits per heavy atom. The largest absolute Gasteiger partial charge is 0.490 e. The van der Waals surface area contributed by atoms with Crippen LogP contribution in [0.2, 0.25) is 0 Å². The number of nitrogens with zero attached hydrogens (tertiary/aromatic N) is 3. The second kappa shape index (κ2) is 8.03. The number of nitro benzene ring substituents is 1. The zero-order valence-corrected chi connectivity index (χ0v) is 15.1. The van der Waals surface area contributed by atoms with Gasteiger partial charge in [-0.25, -0.2) is 4.39 Å². The zero-order chi connectivity index (χ0) is 20.3. The molecule has 28 heavy (non-hydrogen) atoms. The third-order valence-corrected chi connectivity index (χ3v) is 4.58. The number of benzene rings is 2. The molecule has 0 aromatic heterocycles. The van der Waals surface area contributed by atoms with Crippen LogP contribution in [0.1, 0.15) is 20.7 Å². The van der Waals surface area contributed by atoms with Gasteiger partial charge in [0.2, 0.25) is 0 Å². The predicted octanol–water partition coefficient (Wildman–Crippen LogP) is 2.34. The summed E-state index contributed by atoms with van der Waals surface area (Å²) in [6.07, 6.45) is 0. The molecular weight excluding hydrogens is 369 g/mol. The summed E-state index contributed by atoms with van der Waals surface area (Å²) < 4.78 is 18.7. The van der Waals surface area contributed by atoms with Crippen molar-refractivity contribution in [1.29, 1.82) is 0 Å². The van der Waals surface area contributed by atoms with Crippen molar-refractivity contribution in [2.24, 2.45) is 0 Å². The van der Waals surface area contributed by atoms with Gasteiger partial charge in [0.15, 0.2) is 5.75 Å². The van der Waals surface area contributed by atoms with Gasteiger partial charge in [-0.15, -0.1) is 0 Å². The molecule has 9 heteroatoms. The number of halogens is 1. The van der Waals surface area contributed by atoms with Crippen LogP contribution in [-0.2, 0) is 0 Å². The zero-order valence-electron chi connectivity index (χ0n) is 15.1. The molecule has 0 bridgehead atoms. The van der Waals surface area contributed by atoms with E-state index in [9.17, 15) is 24.1 Å². The lowest BCUT2D eigenvalue weighted by atomic mass is 10.1. The van der Waals surface area contributed by atoms with E-state index in [1.54, 1.807) is 6.07 Å². The molecule has 1 fully saturated rings. The maximum atomic E-state index is 13.8. The number of ether oxygens (including phenoxy) is 1. The molecule has 1 aliphatic heterocycles. The first-order valence-electron chi connectivity index (χ1n) is 8.58. The van der Waals surface area contributed by atoms with E-state index in [0.717, 1.165) is 0 Å². The van der Waals surface area contributed by atoms with E-state index in [0.29, 0.717) is 0 Å². The molecule has 0 aliphatic carbocycles. The van der Waals surface area contributed by atoms with Gasteiger partial charge in [0.1, 0.15) is 5.82 Å². The Bertz CT molecular complexity index is 926. The predicted molar refractivity (Wildman–Crippen MR) is 97.9 cm³/mol. The molecule has 0 atom stereocenters. The number of carbonyl (C=O) groups excluding carboxylic acids is 2. The molecule has 0 radical (unpaired) electrons. The lowest BCUT2D eigenvalue weighted by Crippen LogP contribution is -2.50. The number of rotatable bonds is 4. The highest BCUT2D eigenvalue weighted by Gasteiger charge is 2.28. The van der Waals surface area contributed by atoms with Gasteiger partial charge in [-0.3, -0.25) is 19.7 Å². The van der Waals surface area contributed by atoms with Crippen LogP contribution in [0.15, 0.2) is 42.5 Å². The van der Waals surface area contributed by atoms with Gasteiger partial charge in [0, 0.05) is 37.8 Å². The van der Waals surface area contributed by atoms with Crippen LogP contribution in [-0.4, -0.2) is 59.8 Å². The van der Waals surface area contributed by atoms with Gasteiger partial charge in [-0.2, -0.15) is 0 Å². The Balaban J connectivity index is 1.69. The van der Waals surface area contributed by atoms with E-state index < -0.39 is 16.6 Å². The molecule has 3 rings (SSSR count). The maximum absolute atomic E-state index is 13.8. The molecular formula is C19H18FN3O5. The summed E-state index contributed by atoms with van der Waals surface area (Å²) >= 11 is 0. The first kappa shape index (κ1) is 19.3. The van der Waals surface area contributed by atoms with Crippen molar-refractivity contribution in [3.05, 3.63) is 69.5 Å². The molecule has 0 saturated carbocycles. The fourth-order valence-electron chi connectivity index (χ4n) is 3.07. The Kier molecular flexibility index (Phi) is 5.53. The summed E-state index contributed by atoms with van der Waals surface area (Å²) in [6.45, 7) is 0.992. The van der Waals surface area contributed by atoms with E-state index >= 15 is 0 Å². The van der Waals surface area contributed by atoms with Crippen molar-refractivity contribution >= 4 is 17.5 Å². The fourth-order valence-corrected chi connectivity index (χ4v) is 3.07. The third kappa shape index (κ3) is 3.78. The average Bonchev–Trinajstić information content (AvgIpc) is 2.72. The highest BCUT2D eigenvalue weighted by Crippen LogP contribution is 2.28. The minimum atomic E-state index is -0.610. The molecule has 2 aromatic carbocycles. The van der Waals surface area contributed by atoms with E-state index in [-0.39, 0.29) is 54.7 Å². The van der Waals surface area contributed by atoms with Gasteiger partial charge >= 0.3 is 5.69 Å². The number of methoxy groups -OCH3 is 1. The van der Waals surface area contributed by atoms with Crippen LogP contribution >= 0.6 is 0 Å². The summed E-state index contributed by atoms with van der Waals surface area (Å²) in [7, 11) is 1.32. The number of nitro groups is 1. The highest BCUT2D eigenvalue weighted by atomic mass is 19.1. The van der Waals surface area contributed by atoms with Gasteiger partial charge < -0.3 is 14.5 Å². The third-order valence-electron chi connectivity index (χ3n) is 4.58. The van der Waals surface area contributed by atoms with Crippen molar-refractivity contribution in [3.63, 3.8) is 0 Å². The normalized spacial score (nSPS) is 13.9. The Labute approximate surface area is 160 Å². The first-order chi connectivity index (χ1) is 13.4. The van der Waals surface area contributed by atoms with Crippen LogP contribution in [0.4, 0.5) is 10.1 Å². The van der Waals surface area contributed by atoms with E-state index in [4.69, 9.17) is 4.74 Å². The van der Waals surface area contributed by atoms with Crippen molar-refractivity contribution < 1.29 is 23.6 Å². The lowest BCUT2D eigenvalue weighted by molar-refractivity contribution is -0.385. The molecule has 2 amide bonds. The number of amides is 2. The van der Waals surface area contributed by atoms with Crippen molar-refractivity contribution in [3.8, 4) is 5.75 Å². The second-order valence-electron chi connectivity index (χ2n) is 6.21. The molecule has 2 aromatic rings. The summed E-state index contributed by atoms with van der Waals surface area (Å²) in [5.41, 5.74) is -0.129. The summed E-state index contributed by atoms with van der Waals surface area (Å²) in [4.78, 5) is 38.6. The fraction of sp³-hybridized carbons (Fsp3) is 0.263. The summed E-state index contributed by atoms with van der Waals surface area (Å²) in [6, 6.07) is 9.77.